The molecule has 16 nitrogen and oxygen atoms in total. The van der Waals surface area contributed by atoms with Crippen LogP contribution in [0, 0.1) is 20.2 Å². The predicted octanol–water partition coefficient (Wildman–Crippen LogP) is 4.41. The molecule has 4 aromatic rings. The van der Waals surface area contributed by atoms with Gasteiger partial charge in [0.1, 0.15) is 32.2 Å². The fourth-order valence-electron chi connectivity index (χ4n) is 4.83. The summed E-state index contributed by atoms with van der Waals surface area (Å²) >= 11 is 2.25. The highest BCUT2D eigenvalue weighted by molar-refractivity contribution is 8.00. The van der Waals surface area contributed by atoms with Gasteiger partial charge in [0.05, 0.1) is 37.2 Å². The maximum Gasteiger partial charge on any atom is 0.316 e. The summed E-state index contributed by atoms with van der Waals surface area (Å²) in [4.78, 5) is 60.8. The molecule has 50 heavy (non-hydrogen) atoms. The van der Waals surface area contributed by atoms with Gasteiger partial charge in [0.25, 0.3) is 10.2 Å². The molecule has 4 rings (SSSR count). The largest absolute Gasteiger partial charge is 0.493 e. The highest BCUT2D eigenvalue weighted by Gasteiger charge is 2.24. The van der Waals surface area contributed by atoms with Crippen molar-refractivity contribution in [2.45, 2.75) is 6.10 Å². The van der Waals surface area contributed by atoms with Crippen molar-refractivity contribution in [1.29, 1.82) is 0 Å². The summed E-state index contributed by atoms with van der Waals surface area (Å²) in [5, 5.41) is 20.9. The lowest BCUT2D eigenvalue weighted by atomic mass is 10.1. The number of H-pyrrole nitrogens is 1. The lowest BCUT2D eigenvalue weighted by Gasteiger charge is -2.28. The second kappa shape index (κ2) is 19.8. The number of nitrogens with zero attached hydrogens (tertiary/aromatic N) is 3. The fourth-order valence-corrected chi connectivity index (χ4v) is 6.10. The second-order valence-electron chi connectivity index (χ2n) is 10.3. The van der Waals surface area contributed by atoms with E-state index >= 15 is 0 Å². The molecule has 18 heteroatoms. The van der Waals surface area contributed by atoms with Crippen molar-refractivity contribution < 1.29 is 48.4 Å². The van der Waals surface area contributed by atoms with E-state index in [1.165, 1.54) is 12.0 Å². The van der Waals surface area contributed by atoms with Crippen LogP contribution in [0.4, 0.5) is 0 Å². The van der Waals surface area contributed by atoms with Gasteiger partial charge in [0.15, 0.2) is 17.6 Å². The average Bonchev–Trinajstić information content (AvgIpc) is 3.49. The van der Waals surface area contributed by atoms with Crippen LogP contribution in [0.25, 0.3) is 21.8 Å². The molecular formula is C32H36N4O12S2. The number of esters is 1. The SMILES string of the molecule is COc1ccccc1OCCN(CC(COc1cccc2[nH]c3ccccc3c12)OC(=O)CSCCO[N+](=O)[O-])C(=O)CSCCO[N+](=O)[O-]. The van der Waals surface area contributed by atoms with E-state index in [0.717, 1.165) is 45.3 Å². The van der Waals surface area contributed by atoms with Crippen LogP contribution in [0.2, 0.25) is 0 Å². The van der Waals surface area contributed by atoms with E-state index in [0.29, 0.717) is 17.2 Å². The standard InChI is InChI=1S/C32H36N4O12S2/c1-43-27-10-4-5-11-28(27)44-14-13-34(30(37)21-49-17-15-46-35(39)40)19-23(48-31(38)22-50-18-16-47-36(41)42)20-45-29-12-6-9-26-32(29)24-7-2-3-8-25(24)33-26/h2-12,23,33H,13-22H2,1H3. The molecule has 0 saturated carbocycles. The first-order chi connectivity index (χ1) is 24.2. The van der Waals surface area contributed by atoms with Gasteiger partial charge >= 0.3 is 5.97 Å². The first kappa shape index (κ1) is 37.7. The Kier molecular flexibility index (Phi) is 14.9. The van der Waals surface area contributed by atoms with E-state index < -0.39 is 22.2 Å². The van der Waals surface area contributed by atoms with Gasteiger partial charge in [0, 0.05) is 27.8 Å². The highest BCUT2D eigenvalue weighted by Crippen LogP contribution is 2.33. The normalized spacial score (nSPS) is 11.5. The Balaban J connectivity index is 1.50. The smallest absolute Gasteiger partial charge is 0.316 e. The summed E-state index contributed by atoms with van der Waals surface area (Å²) < 4.78 is 23.3. The van der Waals surface area contributed by atoms with E-state index in [2.05, 4.69) is 14.7 Å². The van der Waals surface area contributed by atoms with Crippen molar-refractivity contribution in [1.82, 2.24) is 9.88 Å². The number of hydrogen-bond acceptors (Lipinski definition) is 14. The van der Waals surface area contributed by atoms with Crippen molar-refractivity contribution in [3.63, 3.8) is 0 Å². The summed E-state index contributed by atoms with van der Waals surface area (Å²) in [7, 11) is 1.52. The van der Waals surface area contributed by atoms with Crippen molar-refractivity contribution in [3.05, 3.63) is 87.0 Å². The third kappa shape index (κ3) is 11.8. The number of aromatic nitrogens is 1. The summed E-state index contributed by atoms with van der Waals surface area (Å²) in [5.41, 5.74) is 1.78. The number of ether oxygens (including phenoxy) is 4. The Labute approximate surface area is 294 Å². The molecule has 0 fully saturated rings. The van der Waals surface area contributed by atoms with E-state index in [1.54, 1.807) is 30.3 Å². The van der Waals surface area contributed by atoms with Gasteiger partial charge in [-0.05, 0) is 30.3 Å². The van der Waals surface area contributed by atoms with Crippen LogP contribution in [-0.2, 0) is 24.0 Å². The van der Waals surface area contributed by atoms with Crippen molar-refractivity contribution in [2.75, 3.05) is 69.6 Å². The van der Waals surface area contributed by atoms with Gasteiger partial charge in [-0.3, -0.25) is 9.59 Å². The Morgan fingerprint density at radius 2 is 1.44 bits per heavy atom. The second-order valence-corrected chi connectivity index (χ2v) is 12.5. The third-order valence-corrected chi connectivity index (χ3v) is 8.78. The molecule has 3 aromatic carbocycles. The minimum absolute atomic E-state index is 0.0296. The number of carbonyl (C=O) groups is 2. The molecule has 1 amide bonds. The molecule has 1 heterocycles. The lowest BCUT2D eigenvalue weighted by Crippen LogP contribution is -2.44. The molecule has 1 N–H and O–H groups in total. The molecule has 1 unspecified atom stereocenters. The van der Waals surface area contributed by atoms with Gasteiger partial charge < -0.3 is 38.5 Å². The number of para-hydroxylation sites is 3. The minimum Gasteiger partial charge on any atom is -0.493 e. The molecule has 0 aliphatic carbocycles. The molecule has 1 atom stereocenters. The van der Waals surface area contributed by atoms with Crippen LogP contribution in [0.15, 0.2) is 66.7 Å². The summed E-state index contributed by atoms with van der Waals surface area (Å²) in [5.74, 6) is 0.832. The number of aromatic amines is 1. The summed E-state index contributed by atoms with van der Waals surface area (Å²) in [6.07, 6.45) is -0.934. The highest BCUT2D eigenvalue weighted by atomic mass is 32.2. The maximum absolute atomic E-state index is 13.5. The Morgan fingerprint density at radius 1 is 0.800 bits per heavy atom. The van der Waals surface area contributed by atoms with Crippen LogP contribution in [0.3, 0.4) is 0 Å². The number of rotatable bonds is 23. The molecule has 0 spiro atoms. The number of thioether (sulfide) groups is 2. The summed E-state index contributed by atoms with van der Waals surface area (Å²) in [6, 6.07) is 20.4. The quantitative estimate of drug-likeness (QED) is 0.0487. The Bertz CT molecular complexity index is 1740. The van der Waals surface area contributed by atoms with Crippen molar-refractivity contribution >= 4 is 57.2 Å². The monoisotopic (exact) mass is 732 g/mol. The molecule has 0 aliphatic heterocycles. The molecule has 0 bridgehead atoms. The zero-order chi connectivity index (χ0) is 35.7. The average molecular weight is 733 g/mol. The van der Waals surface area contributed by atoms with E-state index in [9.17, 15) is 29.8 Å². The number of hydrogen-bond donors (Lipinski definition) is 1. The van der Waals surface area contributed by atoms with Crippen LogP contribution in [-0.4, -0.2) is 108 Å². The topological polar surface area (TPSA) is 195 Å². The van der Waals surface area contributed by atoms with Crippen LogP contribution < -0.4 is 14.2 Å². The molecule has 268 valence electrons. The van der Waals surface area contributed by atoms with Crippen LogP contribution in [0.5, 0.6) is 17.2 Å². The predicted molar refractivity (Wildman–Crippen MR) is 187 cm³/mol. The lowest BCUT2D eigenvalue weighted by molar-refractivity contribution is -0.756. The van der Waals surface area contributed by atoms with Gasteiger partial charge in [-0.25, -0.2) is 0 Å². The number of nitrogens with one attached hydrogen (secondary N) is 1. The number of amides is 1. The minimum atomic E-state index is -0.934. The molecule has 0 saturated heterocycles. The Morgan fingerprint density at radius 3 is 2.16 bits per heavy atom. The zero-order valence-electron chi connectivity index (χ0n) is 27.1. The van der Waals surface area contributed by atoms with Gasteiger partial charge in [0.2, 0.25) is 5.91 Å². The Hall–Kier alpha value is -5.10. The first-order valence-electron chi connectivity index (χ1n) is 15.3. The van der Waals surface area contributed by atoms with Gasteiger partial charge in [-0.1, -0.05) is 36.4 Å². The first-order valence-corrected chi connectivity index (χ1v) is 17.6. The maximum atomic E-state index is 13.5. The van der Waals surface area contributed by atoms with E-state index in [4.69, 9.17) is 18.9 Å². The van der Waals surface area contributed by atoms with Crippen LogP contribution >= 0.6 is 23.5 Å². The summed E-state index contributed by atoms with van der Waals surface area (Å²) in [6.45, 7) is -0.374. The third-order valence-electron chi connectivity index (χ3n) is 6.97. The van der Waals surface area contributed by atoms with Crippen LogP contribution in [0.1, 0.15) is 0 Å². The number of methoxy groups -OCH3 is 1. The van der Waals surface area contributed by atoms with E-state index in [1.807, 2.05) is 36.4 Å². The van der Waals surface area contributed by atoms with Crippen molar-refractivity contribution in [3.8, 4) is 17.2 Å². The van der Waals surface area contributed by atoms with E-state index in [-0.39, 0.29) is 68.4 Å². The van der Waals surface area contributed by atoms with Gasteiger partial charge in [-0.15, -0.1) is 32.0 Å². The number of carbonyl (C=O) groups excluding carboxylic acids is 2. The van der Waals surface area contributed by atoms with Gasteiger partial charge in [-0.2, -0.15) is 11.8 Å². The number of fused-ring (bicyclic) bond motifs is 3. The molecule has 0 radical (unpaired) electrons. The van der Waals surface area contributed by atoms with Crippen molar-refractivity contribution in [2.24, 2.45) is 0 Å². The zero-order valence-corrected chi connectivity index (χ0v) is 28.7. The number of benzene rings is 3. The molecule has 1 aromatic heterocycles. The molecule has 0 aliphatic rings. The fraction of sp³-hybridized carbons (Fsp3) is 0.375. The molecular weight excluding hydrogens is 697 g/mol.